The molecule has 2 aliphatic heterocycles. The summed E-state index contributed by atoms with van der Waals surface area (Å²) in [5.74, 6) is 0. The Labute approximate surface area is 137 Å². The summed E-state index contributed by atoms with van der Waals surface area (Å²) >= 11 is 0. The van der Waals surface area contributed by atoms with E-state index in [0.29, 0.717) is 5.54 Å². The van der Waals surface area contributed by atoms with E-state index < -0.39 is 0 Å². The molecule has 0 aliphatic carbocycles. The van der Waals surface area contributed by atoms with Gasteiger partial charge in [-0.1, -0.05) is 0 Å². The van der Waals surface area contributed by atoms with Crippen LogP contribution >= 0.6 is 0 Å². The van der Waals surface area contributed by atoms with E-state index in [9.17, 15) is 0 Å². The highest BCUT2D eigenvalue weighted by molar-refractivity contribution is 4.82. The molecule has 0 saturated carbocycles. The largest absolute Gasteiger partial charge is 0.380 e. The molecule has 0 amide bonds. The maximum atomic E-state index is 5.45. The molecule has 0 aromatic carbocycles. The fraction of sp³-hybridized carbons (Fsp3) is 1.00. The Bertz CT molecular complexity index is 302. The van der Waals surface area contributed by atoms with Gasteiger partial charge < -0.3 is 4.74 Å². The van der Waals surface area contributed by atoms with Crippen LogP contribution in [-0.4, -0.2) is 104 Å². The van der Waals surface area contributed by atoms with Crippen LogP contribution < -0.4 is 0 Å². The molecule has 5 heteroatoms. The van der Waals surface area contributed by atoms with E-state index in [4.69, 9.17) is 4.74 Å². The second kappa shape index (κ2) is 8.60. The fourth-order valence-electron chi connectivity index (χ4n) is 3.34. The molecule has 0 radical (unpaired) electrons. The Morgan fingerprint density at radius 1 is 0.773 bits per heavy atom. The monoisotopic (exact) mass is 312 g/mol. The number of piperazine rings is 2. The number of hydrogen-bond donors (Lipinski definition) is 0. The Morgan fingerprint density at radius 2 is 1.27 bits per heavy atom. The smallest absolute Gasteiger partial charge is 0.0593 e. The second-order valence-electron chi connectivity index (χ2n) is 7.57. The summed E-state index contributed by atoms with van der Waals surface area (Å²) in [6.07, 6.45) is 0. The molecular formula is C17H36N4O. The van der Waals surface area contributed by atoms with Gasteiger partial charge >= 0.3 is 0 Å². The summed E-state index contributed by atoms with van der Waals surface area (Å²) < 4.78 is 5.45. The van der Waals surface area contributed by atoms with Crippen molar-refractivity contribution in [2.75, 3.05) is 78.8 Å². The molecule has 2 rings (SSSR count). The van der Waals surface area contributed by atoms with Gasteiger partial charge in [0.2, 0.25) is 0 Å². The molecule has 0 N–H and O–H groups in total. The summed E-state index contributed by atoms with van der Waals surface area (Å²) in [4.78, 5) is 10.4. The average molecular weight is 313 g/mol. The third-order valence-corrected chi connectivity index (χ3v) is 4.94. The van der Waals surface area contributed by atoms with Crippen molar-refractivity contribution < 1.29 is 4.74 Å². The first kappa shape index (κ1) is 18.1. The van der Waals surface area contributed by atoms with E-state index in [1.54, 1.807) is 0 Å². The summed E-state index contributed by atoms with van der Waals surface area (Å²) in [6, 6.07) is 0. The molecule has 0 unspecified atom stereocenters. The van der Waals surface area contributed by atoms with Crippen LogP contribution in [0.3, 0.4) is 0 Å². The van der Waals surface area contributed by atoms with Crippen LogP contribution in [0.2, 0.25) is 0 Å². The lowest BCUT2D eigenvalue weighted by Gasteiger charge is -2.44. The topological polar surface area (TPSA) is 22.2 Å². The van der Waals surface area contributed by atoms with Gasteiger partial charge in [0, 0.05) is 71.0 Å². The third kappa shape index (κ3) is 5.78. The highest BCUT2D eigenvalue weighted by Crippen LogP contribution is 2.16. The van der Waals surface area contributed by atoms with E-state index in [1.165, 1.54) is 52.4 Å². The Balaban J connectivity index is 1.61. The van der Waals surface area contributed by atoms with E-state index in [2.05, 4.69) is 47.3 Å². The minimum absolute atomic E-state index is 0.318. The third-order valence-electron chi connectivity index (χ3n) is 4.94. The lowest BCUT2D eigenvalue weighted by molar-refractivity contribution is 0.0148. The van der Waals surface area contributed by atoms with Crippen LogP contribution in [0.1, 0.15) is 27.7 Å². The van der Waals surface area contributed by atoms with Crippen LogP contribution in [0.5, 0.6) is 0 Å². The van der Waals surface area contributed by atoms with Gasteiger partial charge in [0.25, 0.3) is 0 Å². The molecule has 2 aliphatic rings. The van der Waals surface area contributed by atoms with Crippen LogP contribution in [-0.2, 0) is 4.74 Å². The van der Waals surface area contributed by atoms with Crippen LogP contribution in [0.4, 0.5) is 0 Å². The highest BCUT2D eigenvalue weighted by atomic mass is 16.5. The minimum atomic E-state index is 0.318. The van der Waals surface area contributed by atoms with Gasteiger partial charge in [-0.3, -0.25) is 19.6 Å². The predicted molar refractivity (Wildman–Crippen MR) is 92.3 cm³/mol. The summed E-state index contributed by atoms with van der Waals surface area (Å²) in [5, 5.41) is 0. The van der Waals surface area contributed by atoms with Gasteiger partial charge in [0.1, 0.15) is 0 Å². The van der Waals surface area contributed by atoms with Crippen molar-refractivity contribution >= 4 is 0 Å². The standard InChI is InChI=1S/C17H36N4O/c1-5-22-15-14-18-6-8-19(9-7-18)16-20-10-12-21(13-11-20)17(2,3)4/h5-16H2,1-4H3. The molecule has 22 heavy (non-hydrogen) atoms. The maximum Gasteiger partial charge on any atom is 0.0593 e. The van der Waals surface area contributed by atoms with Gasteiger partial charge in [-0.15, -0.1) is 0 Å². The Hall–Kier alpha value is -0.200. The summed E-state index contributed by atoms with van der Waals surface area (Å²) in [6.45, 7) is 22.6. The second-order valence-corrected chi connectivity index (χ2v) is 7.57. The predicted octanol–water partition coefficient (Wildman–Crippen LogP) is 1.01. The maximum absolute atomic E-state index is 5.45. The van der Waals surface area contributed by atoms with Gasteiger partial charge in [-0.05, 0) is 27.7 Å². The van der Waals surface area contributed by atoms with Crippen molar-refractivity contribution in [2.45, 2.75) is 33.2 Å². The van der Waals surface area contributed by atoms with Crippen LogP contribution in [0.25, 0.3) is 0 Å². The normalized spacial score (nSPS) is 24.0. The zero-order chi connectivity index (χ0) is 16.0. The highest BCUT2D eigenvalue weighted by Gasteiger charge is 2.27. The van der Waals surface area contributed by atoms with Crippen molar-refractivity contribution in [1.82, 2.24) is 19.6 Å². The van der Waals surface area contributed by atoms with E-state index in [0.717, 1.165) is 26.4 Å². The van der Waals surface area contributed by atoms with Crippen molar-refractivity contribution in [3.8, 4) is 0 Å². The van der Waals surface area contributed by atoms with Gasteiger partial charge in [-0.2, -0.15) is 0 Å². The fourth-order valence-corrected chi connectivity index (χ4v) is 3.34. The first-order valence-electron chi connectivity index (χ1n) is 8.99. The molecule has 2 saturated heterocycles. The molecule has 0 atom stereocenters. The first-order chi connectivity index (χ1) is 10.5. The van der Waals surface area contributed by atoms with Crippen molar-refractivity contribution in [3.63, 3.8) is 0 Å². The summed E-state index contributed by atoms with van der Waals surface area (Å²) in [5.41, 5.74) is 0.318. The van der Waals surface area contributed by atoms with E-state index >= 15 is 0 Å². The van der Waals surface area contributed by atoms with E-state index in [1.807, 2.05) is 0 Å². The minimum Gasteiger partial charge on any atom is -0.380 e. The lowest BCUT2D eigenvalue weighted by Crippen LogP contribution is -2.57. The SMILES string of the molecule is CCOCCN1CCN(CN2CCN(C(C)(C)C)CC2)CC1. The average Bonchev–Trinajstić information content (AvgIpc) is 2.49. The molecule has 0 spiro atoms. The number of ether oxygens (including phenoxy) is 1. The molecule has 0 aromatic heterocycles. The van der Waals surface area contributed by atoms with Crippen LogP contribution in [0, 0.1) is 0 Å². The quantitative estimate of drug-likeness (QED) is 0.681. The van der Waals surface area contributed by atoms with Gasteiger partial charge in [0.15, 0.2) is 0 Å². The first-order valence-corrected chi connectivity index (χ1v) is 8.99. The molecule has 0 bridgehead atoms. The van der Waals surface area contributed by atoms with Crippen molar-refractivity contribution in [2.24, 2.45) is 0 Å². The molecular weight excluding hydrogens is 276 g/mol. The van der Waals surface area contributed by atoms with Crippen molar-refractivity contribution in [3.05, 3.63) is 0 Å². The van der Waals surface area contributed by atoms with E-state index in [-0.39, 0.29) is 0 Å². The summed E-state index contributed by atoms with van der Waals surface area (Å²) in [7, 11) is 0. The van der Waals surface area contributed by atoms with Gasteiger partial charge in [0.05, 0.1) is 13.3 Å². The molecule has 0 aromatic rings. The number of rotatable bonds is 6. The van der Waals surface area contributed by atoms with Crippen molar-refractivity contribution in [1.29, 1.82) is 0 Å². The van der Waals surface area contributed by atoms with Crippen LogP contribution in [0.15, 0.2) is 0 Å². The zero-order valence-corrected chi connectivity index (χ0v) is 15.2. The lowest BCUT2D eigenvalue weighted by atomic mass is 10.1. The molecule has 2 fully saturated rings. The van der Waals surface area contributed by atoms with Gasteiger partial charge in [-0.25, -0.2) is 0 Å². The molecule has 130 valence electrons. The number of nitrogens with zero attached hydrogens (tertiary/aromatic N) is 4. The Morgan fingerprint density at radius 3 is 1.77 bits per heavy atom. The molecule has 2 heterocycles. The molecule has 5 nitrogen and oxygen atoms in total. The number of hydrogen-bond acceptors (Lipinski definition) is 5. The Kier molecular flexibility index (Phi) is 7.09. The zero-order valence-electron chi connectivity index (χ0n) is 15.2.